The van der Waals surface area contributed by atoms with E-state index in [1.165, 1.54) is 0 Å². The average Bonchev–Trinajstić information content (AvgIpc) is 1.85. The van der Waals surface area contributed by atoms with Gasteiger partial charge in [0, 0.05) is 5.02 Å². The highest BCUT2D eigenvalue weighted by atomic mass is 35.5. The van der Waals surface area contributed by atoms with Gasteiger partial charge in [-0.25, -0.2) is 0 Å². The van der Waals surface area contributed by atoms with Gasteiger partial charge in [0.05, 0.1) is 1.37 Å². The number of halogens is 1. The van der Waals surface area contributed by atoms with E-state index < -0.39 is 0 Å². The summed E-state index contributed by atoms with van der Waals surface area (Å²) < 4.78 is 7.29. The molecule has 1 rings (SSSR count). The molecule has 0 bridgehead atoms. The van der Waals surface area contributed by atoms with Crippen LogP contribution in [0.25, 0.3) is 0 Å². The average molecular weight is 156 g/mol. The molecule has 1 aromatic carbocycles. The zero-order valence-corrected chi connectivity index (χ0v) is 6.94. The van der Waals surface area contributed by atoms with E-state index >= 15 is 0 Å². The van der Waals surface area contributed by atoms with Gasteiger partial charge < -0.3 is 0 Å². The van der Waals surface area contributed by atoms with Gasteiger partial charge in [-0.3, -0.25) is 0 Å². The van der Waals surface area contributed by atoms with Crippen molar-refractivity contribution in [2.45, 2.75) is 19.8 Å². The quantitative estimate of drug-likeness (QED) is 0.583. The molecule has 0 aliphatic carbocycles. The Balaban J connectivity index is 3.09. The molecule has 0 saturated carbocycles. The highest BCUT2D eigenvalue weighted by Crippen LogP contribution is 2.22. The first-order valence-electron chi connectivity index (χ1n) is 3.87. The Morgan fingerprint density at radius 2 is 2.20 bits per heavy atom. The molecule has 0 N–H and O–H groups in total. The third kappa shape index (κ3) is 1.51. The van der Waals surface area contributed by atoms with Crippen LogP contribution in [0.5, 0.6) is 0 Å². The van der Waals surface area contributed by atoms with E-state index in [1.807, 2.05) is 6.07 Å². The van der Waals surface area contributed by atoms with Crippen LogP contribution < -0.4 is 0 Å². The molecule has 0 amide bonds. The van der Waals surface area contributed by atoms with E-state index in [-0.39, 0.29) is 0 Å². The van der Waals surface area contributed by atoms with Gasteiger partial charge in [-0.2, -0.15) is 0 Å². The second-order valence-electron chi connectivity index (χ2n) is 2.60. The van der Waals surface area contributed by atoms with Gasteiger partial charge in [0.25, 0.3) is 0 Å². The van der Waals surface area contributed by atoms with Gasteiger partial charge in [-0.15, -0.1) is 0 Å². The Labute approximate surface area is 68.2 Å². The summed E-state index contributed by atoms with van der Waals surface area (Å²) in [6, 6.07) is 5.83. The van der Waals surface area contributed by atoms with E-state index in [2.05, 4.69) is 13.8 Å². The lowest BCUT2D eigenvalue weighted by Crippen LogP contribution is -1.86. The Morgan fingerprint density at radius 3 is 2.70 bits per heavy atom. The van der Waals surface area contributed by atoms with Crippen molar-refractivity contribution < 1.29 is 1.37 Å². The summed E-state index contributed by atoms with van der Waals surface area (Å²) in [7, 11) is 0. The summed E-state index contributed by atoms with van der Waals surface area (Å²) in [5.41, 5.74) is 1.11. The molecule has 0 radical (unpaired) electrons. The minimum Gasteiger partial charge on any atom is -0.0840 e. The fourth-order valence-electron chi connectivity index (χ4n) is 0.890. The van der Waals surface area contributed by atoms with Crippen LogP contribution >= 0.6 is 11.6 Å². The molecule has 1 aromatic rings. The fourth-order valence-corrected chi connectivity index (χ4v) is 1.23. The molecule has 0 fully saturated rings. The van der Waals surface area contributed by atoms with Crippen molar-refractivity contribution in [3.8, 4) is 0 Å². The van der Waals surface area contributed by atoms with Crippen LogP contribution in [0.2, 0.25) is 5.02 Å². The molecular formula is C9H11Cl. The Kier molecular flexibility index (Phi) is 1.91. The molecule has 0 heterocycles. The molecule has 0 aliphatic rings. The number of hydrogen-bond donors (Lipinski definition) is 0. The van der Waals surface area contributed by atoms with Crippen LogP contribution in [0.1, 0.15) is 26.7 Å². The summed E-state index contributed by atoms with van der Waals surface area (Å²) in [5.74, 6) is 0.433. The molecule has 0 spiro atoms. The smallest absolute Gasteiger partial charge is 0.0623 e. The van der Waals surface area contributed by atoms with Crippen LogP contribution in [-0.4, -0.2) is 0 Å². The highest BCUT2D eigenvalue weighted by Gasteiger charge is 2.01. The standard InChI is InChI=1S/C9H11Cl/c1-7(2)8-5-3-4-6-9(8)10/h3-7H,1-2H3/i4D. The predicted octanol–water partition coefficient (Wildman–Crippen LogP) is 3.46. The van der Waals surface area contributed by atoms with Gasteiger partial charge in [0.1, 0.15) is 0 Å². The number of rotatable bonds is 1. The maximum Gasteiger partial charge on any atom is 0.0623 e. The molecule has 0 saturated heterocycles. The van der Waals surface area contributed by atoms with Gasteiger partial charge in [0.15, 0.2) is 0 Å². The van der Waals surface area contributed by atoms with Gasteiger partial charge in [-0.05, 0) is 17.5 Å². The van der Waals surface area contributed by atoms with Crippen LogP contribution in [0, 0.1) is 0 Å². The second-order valence-corrected chi connectivity index (χ2v) is 3.01. The maximum atomic E-state index is 7.29. The summed E-state index contributed by atoms with van der Waals surface area (Å²) in [5, 5.41) is 0.701. The van der Waals surface area contributed by atoms with Gasteiger partial charge in [-0.1, -0.05) is 43.6 Å². The Bertz CT molecular complexity index is 256. The van der Waals surface area contributed by atoms with Crippen LogP contribution in [-0.2, 0) is 0 Å². The SMILES string of the molecule is [2H]c1ccc(C(C)C)c(Cl)c1. The zero-order valence-electron chi connectivity index (χ0n) is 7.19. The normalized spacial score (nSPS) is 11.8. The van der Waals surface area contributed by atoms with E-state index in [4.69, 9.17) is 13.0 Å². The van der Waals surface area contributed by atoms with Crippen molar-refractivity contribution in [1.29, 1.82) is 0 Å². The molecule has 0 aromatic heterocycles. The number of benzene rings is 1. The molecule has 0 nitrogen and oxygen atoms in total. The minimum atomic E-state index is 0.433. The largest absolute Gasteiger partial charge is 0.0840 e. The van der Waals surface area contributed by atoms with E-state index in [1.54, 1.807) is 12.1 Å². The molecule has 10 heavy (non-hydrogen) atoms. The maximum absolute atomic E-state index is 7.29. The minimum absolute atomic E-state index is 0.433. The van der Waals surface area contributed by atoms with Crippen molar-refractivity contribution in [2.24, 2.45) is 0 Å². The molecular weight excluding hydrogens is 144 g/mol. The summed E-state index contributed by atoms with van der Waals surface area (Å²) in [6.45, 7) is 4.18. The van der Waals surface area contributed by atoms with Crippen molar-refractivity contribution in [1.82, 2.24) is 0 Å². The van der Waals surface area contributed by atoms with Crippen LogP contribution in [0.15, 0.2) is 24.2 Å². The van der Waals surface area contributed by atoms with Crippen molar-refractivity contribution in [3.05, 3.63) is 34.8 Å². The first-order chi connectivity index (χ1) is 5.11. The van der Waals surface area contributed by atoms with Crippen molar-refractivity contribution in [2.75, 3.05) is 0 Å². The third-order valence-corrected chi connectivity index (χ3v) is 1.79. The topological polar surface area (TPSA) is 0 Å². The lowest BCUT2D eigenvalue weighted by molar-refractivity contribution is 0.867. The van der Waals surface area contributed by atoms with E-state index in [9.17, 15) is 0 Å². The van der Waals surface area contributed by atoms with Crippen LogP contribution in [0.3, 0.4) is 0 Å². The molecule has 0 atom stereocenters. The highest BCUT2D eigenvalue weighted by molar-refractivity contribution is 6.31. The lowest BCUT2D eigenvalue weighted by Gasteiger charge is -2.05. The number of hydrogen-bond acceptors (Lipinski definition) is 0. The second kappa shape index (κ2) is 3.07. The Hall–Kier alpha value is -0.490. The summed E-state index contributed by atoms with van der Waals surface area (Å²) in [6.07, 6.45) is 0. The van der Waals surface area contributed by atoms with Crippen LogP contribution in [0.4, 0.5) is 0 Å². The first-order valence-corrected chi connectivity index (χ1v) is 3.75. The molecule has 54 valence electrons. The molecule has 0 aliphatic heterocycles. The first kappa shape index (κ1) is 6.23. The molecule has 0 unspecified atom stereocenters. The third-order valence-electron chi connectivity index (χ3n) is 1.47. The Morgan fingerprint density at radius 1 is 1.50 bits per heavy atom. The zero-order chi connectivity index (χ0) is 8.43. The lowest BCUT2D eigenvalue weighted by atomic mass is 10.0. The van der Waals surface area contributed by atoms with Gasteiger partial charge in [0.2, 0.25) is 0 Å². The van der Waals surface area contributed by atoms with Crippen molar-refractivity contribution in [3.63, 3.8) is 0 Å². The molecule has 1 heteroatoms. The summed E-state index contributed by atoms with van der Waals surface area (Å²) in [4.78, 5) is 0. The van der Waals surface area contributed by atoms with E-state index in [0.717, 1.165) is 5.56 Å². The predicted molar refractivity (Wildman–Crippen MR) is 45.5 cm³/mol. The fraction of sp³-hybridized carbons (Fsp3) is 0.333. The monoisotopic (exact) mass is 155 g/mol. The van der Waals surface area contributed by atoms with E-state index in [0.29, 0.717) is 17.0 Å². The van der Waals surface area contributed by atoms with Gasteiger partial charge >= 0.3 is 0 Å². The summed E-state index contributed by atoms with van der Waals surface area (Å²) >= 11 is 5.90. The van der Waals surface area contributed by atoms with Crippen molar-refractivity contribution >= 4 is 11.6 Å².